The normalized spacial score (nSPS) is 15.2. The standard InChI is InChI=1S/C24H29NO5/c1-4-30-22(26)20-16-18(10-13-21(20)29-3)25-23(27)24(14-6-5-7-15-24)17-8-11-19(28-2)12-9-17/h8-13,16H,4-7,14-15H2,1-3H3,(H,25,27). The monoisotopic (exact) mass is 411 g/mol. The first-order chi connectivity index (χ1) is 14.5. The molecule has 0 radical (unpaired) electrons. The van der Waals surface area contributed by atoms with Crippen molar-refractivity contribution < 1.29 is 23.8 Å². The number of amides is 1. The second-order valence-corrected chi connectivity index (χ2v) is 7.46. The van der Waals surface area contributed by atoms with Crippen molar-refractivity contribution in [2.24, 2.45) is 0 Å². The van der Waals surface area contributed by atoms with Crippen molar-refractivity contribution in [2.45, 2.75) is 44.4 Å². The molecule has 0 spiro atoms. The lowest BCUT2D eigenvalue weighted by atomic mass is 9.68. The fraction of sp³-hybridized carbons (Fsp3) is 0.417. The molecule has 1 fully saturated rings. The Hall–Kier alpha value is -3.02. The maximum atomic E-state index is 13.5. The van der Waals surface area contributed by atoms with Gasteiger partial charge < -0.3 is 19.5 Å². The molecule has 0 aliphatic heterocycles. The van der Waals surface area contributed by atoms with Gasteiger partial charge in [-0.25, -0.2) is 4.79 Å². The van der Waals surface area contributed by atoms with Gasteiger partial charge in [0.05, 0.1) is 26.2 Å². The zero-order valence-electron chi connectivity index (χ0n) is 17.8. The largest absolute Gasteiger partial charge is 0.497 e. The van der Waals surface area contributed by atoms with Gasteiger partial charge in [0.1, 0.15) is 17.1 Å². The number of hydrogen-bond donors (Lipinski definition) is 1. The van der Waals surface area contributed by atoms with Gasteiger partial charge in [0, 0.05) is 5.69 Å². The van der Waals surface area contributed by atoms with Gasteiger partial charge in [0.15, 0.2) is 0 Å². The molecule has 0 aromatic heterocycles. The number of benzene rings is 2. The van der Waals surface area contributed by atoms with Crippen LogP contribution in [-0.4, -0.2) is 32.7 Å². The van der Waals surface area contributed by atoms with E-state index < -0.39 is 11.4 Å². The highest BCUT2D eigenvalue weighted by molar-refractivity contribution is 6.01. The summed E-state index contributed by atoms with van der Waals surface area (Å²) in [5, 5.41) is 3.03. The molecule has 6 nitrogen and oxygen atoms in total. The minimum Gasteiger partial charge on any atom is -0.497 e. The van der Waals surface area contributed by atoms with Crippen LogP contribution in [0, 0.1) is 0 Å². The third kappa shape index (κ3) is 4.42. The molecule has 1 aliphatic carbocycles. The molecule has 2 aromatic rings. The van der Waals surface area contributed by atoms with Crippen LogP contribution in [0.15, 0.2) is 42.5 Å². The molecule has 1 aliphatic rings. The first-order valence-corrected chi connectivity index (χ1v) is 10.3. The smallest absolute Gasteiger partial charge is 0.341 e. The summed E-state index contributed by atoms with van der Waals surface area (Å²) in [5.74, 6) is 0.633. The summed E-state index contributed by atoms with van der Waals surface area (Å²) in [4.78, 5) is 25.8. The van der Waals surface area contributed by atoms with Gasteiger partial charge >= 0.3 is 5.97 Å². The average Bonchev–Trinajstić information content (AvgIpc) is 2.79. The van der Waals surface area contributed by atoms with Gasteiger partial charge in [-0.1, -0.05) is 31.4 Å². The Kier molecular flexibility index (Phi) is 6.98. The quantitative estimate of drug-likeness (QED) is 0.667. The number of esters is 1. The van der Waals surface area contributed by atoms with Crippen LogP contribution in [0.3, 0.4) is 0 Å². The van der Waals surface area contributed by atoms with Gasteiger partial charge in [-0.2, -0.15) is 0 Å². The topological polar surface area (TPSA) is 73.9 Å². The fourth-order valence-corrected chi connectivity index (χ4v) is 4.12. The Morgan fingerprint density at radius 2 is 1.67 bits per heavy atom. The number of anilines is 1. The van der Waals surface area contributed by atoms with Gasteiger partial charge in [-0.05, 0) is 55.7 Å². The Bertz CT molecular complexity index is 885. The number of hydrogen-bond acceptors (Lipinski definition) is 5. The predicted octanol–water partition coefficient (Wildman–Crippen LogP) is 4.72. The maximum Gasteiger partial charge on any atom is 0.341 e. The van der Waals surface area contributed by atoms with Crippen LogP contribution in [-0.2, 0) is 14.9 Å². The molecular formula is C24H29NO5. The average molecular weight is 411 g/mol. The van der Waals surface area contributed by atoms with E-state index in [0.29, 0.717) is 17.0 Å². The summed E-state index contributed by atoms with van der Waals surface area (Å²) in [6, 6.07) is 12.8. The summed E-state index contributed by atoms with van der Waals surface area (Å²) in [7, 11) is 3.12. The summed E-state index contributed by atoms with van der Waals surface area (Å²) in [6.45, 7) is 2.01. The van der Waals surface area contributed by atoms with E-state index >= 15 is 0 Å². The SMILES string of the molecule is CCOC(=O)c1cc(NC(=O)C2(c3ccc(OC)cc3)CCCCC2)ccc1OC. The van der Waals surface area contributed by atoms with Crippen LogP contribution in [0.25, 0.3) is 0 Å². The van der Waals surface area contributed by atoms with Gasteiger partial charge in [0.2, 0.25) is 5.91 Å². The van der Waals surface area contributed by atoms with E-state index in [4.69, 9.17) is 14.2 Å². The van der Waals surface area contributed by atoms with E-state index in [0.717, 1.165) is 43.4 Å². The second kappa shape index (κ2) is 9.65. The molecule has 1 N–H and O–H groups in total. The highest BCUT2D eigenvalue weighted by Crippen LogP contribution is 2.41. The van der Waals surface area contributed by atoms with Crippen LogP contribution in [0.5, 0.6) is 11.5 Å². The van der Waals surface area contributed by atoms with Gasteiger partial charge in [0.25, 0.3) is 0 Å². The molecule has 0 unspecified atom stereocenters. The van der Waals surface area contributed by atoms with E-state index in [1.807, 2.05) is 24.3 Å². The van der Waals surface area contributed by atoms with Crippen molar-refractivity contribution in [3.63, 3.8) is 0 Å². The molecule has 2 aromatic carbocycles. The maximum absolute atomic E-state index is 13.5. The molecule has 160 valence electrons. The Labute approximate surface area is 177 Å². The number of ether oxygens (including phenoxy) is 3. The third-order valence-electron chi connectivity index (χ3n) is 5.74. The van der Waals surface area contributed by atoms with E-state index in [1.54, 1.807) is 32.2 Å². The highest BCUT2D eigenvalue weighted by Gasteiger charge is 2.41. The van der Waals surface area contributed by atoms with Gasteiger partial charge in [-0.15, -0.1) is 0 Å². The van der Waals surface area contributed by atoms with Crippen LogP contribution in [0.4, 0.5) is 5.69 Å². The second-order valence-electron chi connectivity index (χ2n) is 7.46. The van der Waals surface area contributed by atoms with E-state index in [1.165, 1.54) is 7.11 Å². The Morgan fingerprint density at radius 3 is 2.27 bits per heavy atom. The number of methoxy groups -OCH3 is 2. The molecule has 6 heteroatoms. The molecule has 0 bridgehead atoms. The van der Waals surface area contributed by atoms with Crippen molar-refractivity contribution in [2.75, 3.05) is 26.1 Å². The predicted molar refractivity (Wildman–Crippen MR) is 115 cm³/mol. The minimum atomic E-state index is -0.603. The molecule has 0 saturated heterocycles. The highest BCUT2D eigenvalue weighted by atomic mass is 16.5. The summed E-state index contributed by atoms with van der Waals surface area (Å²) in [6.07, 6.45) is 4.69. The number of nitrogens with one attached hydrogen (secondary N) is 1. The zero-order chi connectivity index (χ0) is 21.6. The fourth-order valence-electron chi connectivity index (χ4n) is 4.12. The number of rotatable bonds is 7. The Balaban J connectivity index is 1.90. The lowest BCUT2D eigenvalue weighted by Crippen LogP contribution is -2.42. The minimum absolute atomic E-state index is 0.0626. The van der Waals surface area contributed by atoms with Crippen LogP contribution in [0.2, 0.25) is 0 Å². The van der Waals surface area contributed by atoms with E-state index in [9.17, 15) is 9.59 Å². The van der Waals surface area contributed by atoms with Crippen molar-refractivity contribution in [1.29, 1.82) is 0 Å². The number of carbonyl (C=O) groups is 2. The molecule has 30 heavy (non-hydrogen) atoms. The number of carbonyl (C=O) groups excluding carboxylic acids is 2. The summed E-state index contributed by atoms with van der Waals surface area (Å²) in [5.41, 5.74) is 1.22. The van der Waals surface area contributed by atoms with E-state index in [2.05, 4.69) is 5.32 Å². The van der Waals surface area contributed by atoms with Crippen LogP contribution < -0.4 is 14.8 Å². The van der Waals surface area contributed by atoms with Crippen molar-refractivity contribution in [3.05, 3.63) is 53.6 Å². The molecule has 1 amide bonds. The molecule has 0 atom stereocenters. The lowest BCUT2D eigenvalue weighted by Gasteiger charge is -2.36. The van der Waals surface area contributed by atoms with Crippen molar-refractivity contribution >= 4 is 17.6 Å². The van der Waals surface area contributed by atoms with Crippen molar-refractivity contribution in [1.82, 2.24) is 0 Å². The van der Waals surface area contributed by atoms with Crippen LogP contribution >= 0.6 is 0 Å². The first-order valence-electron chi connectivity index (χ1n) is 10.3. The molecule has 0 heterocycles. The van der Waals surface area contributed by atoms with Crippen LogP contribution in [0.1, 0.15) is 54.9 Å². The van der Waals surface area contributed by atoms with Gasteiger partial charge in [-0.3, -0.25) is 4.79 Å². The van der Waals surface area contributed by atoms with Crippen molar-refractivity contribution in [3.8, 4) is 11.5 Å². The lowest BCUT2D eigenvalue weighted by molar-refractivity contribution is -0.122. The zero-order valence-corrected chi connectivity index (χ0v) is 17.8. The Morgan fingerprint density at radius 1 is 0.967 bits per heavy atom. The van der Waals surface area contributed by atoms with E-state index in [-0.39, 0.29) is 12.5 Å². The molecule has 3 rings (SSSR count). The summed E-state index contributed by atoms with van der Waals surface area (Å²) >= 11 is 0. The third-order valence-corrected chi connectivity index (χ3v) is 5.74. The first kappa shape index (κ1) is 21.7. The molecular weight excluding hydrogens is 382 g/mol. The summed E-state index contributed by atoms with van der Waals surface area (Å²) < 4.78 is 15.7. The molecule has 1 saturated carbocycles.